The third-order valence-corrected chi connectivity index (χ3v) is 3.25. The summed E-state index contributed by atoms with van der Waals surface area (Å²) in [7, 11) is 0. The minimum absolute atomic E-state index is 0.190. The second-order valence-corrected chi connectivity index (χ2v) is 5.06. The first kappa shape index (κ1) is 14.8. The molecule has 116 valence electrons. The summed E-state index contributed by atoms with van der Waals surface area (Å²) in [4.78, 5) is 5.23. The first-order valence-corrected chi connectivity index (χ1v) is 7.30. The van der Waals surface area contributed by atoms with Gasteiger partial charge in [-0.2, -0.15) is 0 Å². The van der Waals surface area contributed by atoms with Crippen molar-refractivity contribution in [2.45, 2.75) is 13.0 Å². The van der Waals surface area contributed by atoms with Gasteiger partial charge in [0.25, 0.3) is 0 Å². The van der Waals surface area contributed by atoms with E-state index in [1.54, 1.807) is 0 Å². The minimum Gasteiger partial charge on any atom is -0.386 e. The first-order valence-electron chi connectivity index (χ1n) is 7.30. The standard InChI is InChI=1S/C18H17N3O2/c19-18(11-14-7-3-1-4-8-14)21-22-13-16-12-17(20-23-16)15-9-5-2-6-10-15/h1-10,12H,11,13H2,(H2,19,21). The molecule has 2 aromatic carbocycles. The number of aromatic nitrogens is 1. The van der Waals surface area contributed by atoms with Crippen LogP contribution in [0.25, 0.3) is 11.3 Å². The van der Waals surface area contributed by atoms with Crippen LogP contribution in [0.15, 0.2) is 76.4 Å². The van der Waals surface area contributed by atoms with Gasteiger partial charge in [-0.1, -0.05) is 71.0 Å². The molecule has 0 saturated carbocycles. The predicted octanol–water partition coefficient (Wildman–Crippen LogP) is 3.37. The van der Waals surface area contributed by atoms with E-state index in [2.05, 4.69) is 10.3 Å². The Morgan fingerprint density at radius 1 is 1.04 bits per heavy atom. The highest BCUT2D eigenvalue weighted by Gasteiger charge is 2.06. The highest BCUT2D eigenvalue weighted by atomic mass is 16.6. The number of oxime groups is 1. The fraction of sp³-hybridized carbons (Fsp3) is 0.111. The molecule has 5 nitrogen and oxygen atoms in total. The van der Waals surface area contributed by atoms with Crippen LogP contribution in [0.4, 0.5) is 0 Å². The molecule has 3 aromatic rings. The van der Waals surface area contributed by atoms with Crippen LogP contribution in [0.1, 0.15) is 11.3 Å². The summed E-state index contributed by atoms with van der Waals surface area (Å²) in [5, 5.41) is 7.92. The van der Waals surface area contributed by atoms with E-state index in [0.29, 0.717) is 18.0 Å². The van der Waals surface area contributed by atoms with Gasteiger partial charge in [0, 0.05) is 18.1 Å². The molecule has 23 heavy (non-hydrogen) atoms. The van der Waals surface area contributed by atoms with Crippen molar-refractivity contribution in [3.63, 3.8) is 0 Å². The third-order valence-electron chi connectivity index (χ3n) is 3.25. The van der Waals surface area contributed by atoms with Gasteiger partial charge >= 0.3 is 0 Å². The van der Waals surface area contributed by atoms with E-state index >= 15 is 0 Å². The van der Waals surface area contributed by atoms with Crippen LogP contribution in [0.5, 0.6) is 0 Å². The highest BCUT2D eigenvalue weighted by Crippen LogP contribution is 2.18. The van der Waals surface area contributed by atoms with Crippen molar-refractivity contribution >= 4 is 5.84 Å². The van der Waals surface area contributed by atoms with Gasteiger partial charge in [0.1, 0.15) is 11.5 Å². The maximum Gasteiger partial charge on any atom is 0.177 e. The number of nitrogens with two attached hydrogens (primary N) is 1. The van der Waals surface area contributed by atoms with Crippen LogP contribution in [-0.4, -0.2) is 11.0 Å². The SMILES string of the molecule is N/C(Cc1ccccc1)=N/OCc1cc(-c2ccccc2)no1. The Kier molecular flexibility index (Phi) is 4.69. The van der Waals surface area contributed by atoms with Crippen molar-refractivity contribution in [1.82, 2.24) is 5.16 Å². The number of hydrogen-bond acceptors (Lipinski definition) is 4. The first-order chi connectivity index (χ1) is 11.3. The van der Waals surface area contributed by atoms with Gasteiger partial charge in [-0.05, 0) is 5.56 Å². The van der Waals surface area contributed by atoms with Crippen molar-refractivity contribution in [2.75, 3.05) is 0 Å². The zero-order chi connectivity index (χ0) is 15.9. The summed E-state index contributed by atoms with van der Waals surface area (Å²) in [5.74, 6) is 1.01. The van der Waals surface area contributed by atoms with Crippen LogP contribution in [-0.2, 0) is 17.9 Å². The Hall–Kier alpha value is -3.08. The van der Waals surface area contributed by atoms with Gasteiger partial charge < -0.3 is 15.1 Å². The second-order valence-electron chi connectivity index (χ2n) is 5.06. The van der Waals surface area contributed by atoms with Crippen LogP contribution >= 0.6 is 0 Å². The number of hydrogen-bond donors (Lipinski definition) is 1. The van der Waals surface area contributed by atoms with Gasteiger partial charge in [0.15, 0.2) is 12.4 Å². The minimum atomic E-state index is 0.190. The lowest BCUT2D eigenvalue weighted by Gasteiger charge is -2.01. The topological polar surface area (TPSA) is 73.6 Å². The maximum absolute atomic E-state index is 5.84. The molecule has 0 spiro atoms. The Morgan fingerprint density at radius 3 is 2.48 bits per heavy atom. The Morgan fingerprint density at radius 2 is 1.74 bits per heavy atom. The predicted molar refractivity (Wildman–Crippen MR) is 88.5 cm³/mol. The second kappa shape index (κ2) is 7.26. The summed E-state index contributed by atoms with van der Waals surface area (Å²) < 4.78 is 5.23. The van der Waals surface area contributed by atoms with E-state index in [-0.39, 0.29) is 6.61 Å². The van der Waals surface area contributed by atoms with E-state index in [9.17, 15) is 0 Å². The molecule has 2 N–H and O–H groups in total. The number of rotatable bonds is 6. The molecule has 0 unspecified atom stereocenters. The molecule has 0 fully saturated rings. The van der Waals surface area contributed by atoms with Crippen molar-refractivity contribution in [3.05, 3.63) is 78.1 Å². The summed E-state index contributed by atoms with van der Waals surface area (Å²) in [6.45, 7) is 0.190. The molecule has 0 aliphatic heterocycles. The van der Waals surface area contributed by atoms with E-state index in [1.165, 1.54) is 0 Å². The lowest BCUT2D eigenvalue weighted by atomic mass is 10.1. The fourth-order valence-electron chi connectivity index (χ4n) is 2.14. The average Bonchev–Trinajstić information content (AvgIpc) is 3.05. The van der Waals surface area contributed by atoms with Gasteiger partial charge in [0.2, 0.25) is 0 Å². The summed E-state index contributed by atoms with van der Waals surface area (Å²) in [6, 6.07) is 21.5. The fourth-order valence-corrected chi connectivity index (χ4v) is 2.14. The van der Waals surface area contributed by atoms with E-state index < -0.39 is 0 Å². The molecule has 0 aliphatic rings. The molecule has 0 atom stereocenters. The normalized spacial score (nSPS) is 11.4. The molecular formula is C18H17N3O2. The molecule has 1 aromatic heterocycles. The largest absolute Gasteiger partial charge is 0.386 e. The van der Waals surface area contributed by atoms with Crippen molar-refractivity contribution in [2.24, 2.45) is 10.9 Å². The van der Waals surface area contributed by atoms with Crippen LogP contribution < -0.4 is 5.73 Å². The zero-order valence-corrected chi connectivity index (χ0v) is 12.6. The van der Waals surface area contributed by atoms with Crippen LogP contribution in [0.3, 0.4) is 0 Å². The number of benzene rings is 2. The van der Waals surface area contributed by atoms with Crippen molar-refractivity contribution in [3.8, 4) is 11.3 Å². The molecule has 5 heteroatoms. The smallest absolute Gasteiger partial charge is 0.177 e. The lowest BCUT2D eigenvalue weighted by Crippen LogP contribution is -2.15. The lowest BCUT2D eigenvalue weighted by molar-refractivity contribution is 0.108. The van der Waals surface area contributed by atoms with Crippen molar-refractivity contribution < 1.29 is 9.36 Å². The van der Waals surface area contributed by atoms with E-state index in [4.69, 9.17) is 15.1 Å². The third kappa shape index (κ3) is 4.20. The monoisotopic (exact) mass is 307 g/mol. The van der Waals surface area contributed by atoms with Gasteiger partial charge in [-0.25, -0.2) is 0 Å². The zero-order valence-electron chi connectivity index (χ0n) is 12.6. The van der Waals surface area contributed by atoms with E-state index in [1.807, 2.05) is 66.7 Å². The Labute approximate surface area is 134 Å². The summed E-state index contributed by atoms with van der Waals surface area (Å²) in [5.41, 5.74) is 8.70. The molecule has 1 heterocycles. The molecule has 0 saturated heterocycles. The van der Waals surface area contributed by atoms with Crippen LogP contribution in [0.2, 0.25) is 0 Å². The van der Waals surface area contributed by atoms with Gasteiger partial charge in [-0.15, -0.1) is 0 Å². The van der Waals surface area contributed by atoms with Crippen molar-refractivity contribution in [1.29, 1.82) is 0 Å². The summed E-state index contributed by atoms with van der Waals surface area (Å²) >= 11 is 0. The molecule has 0 amide bonds. The van der Waals surface area contributed by atoms with Crippen LogP contribution in [0, 0.1) is 0 Å². The maximum atomic E-state index is 5.84. The average molecular weight is 307 g/mol. The van der Waals surface area contributed by atoms with Gasteiger partial charge in [-0.3, -0.25) is 0 Å². The number of nitrogens with zero attached hydrogens (tertiary/aromatic N) is 2. The number of amidine groups is 1. The van der Waals surface area contributed by atoms with Gasteiger partial charge in [0.05, 0.1) is 0 Å². The Bertz CT molecular complexity index is 767. The summed E-state index contributed by atoms with van der Waals surface area (Å²) in [6.07, 6.45) is 0.548. The molecule has 0 radical (unpaired) electrons. The molecule has 3 rings (SSSR count). The quantitative estimate of drug-likeness (QED) is 0.430. The highest BCUT2D eigenvalue weighted by molar-refractivity contribution is 5.82. The van der Waals surface area contributed by atoms with E-state index in [0.717, 1.165) is 16.8 Å². The molecule has 0 bridgehead atoms. The molecule has 0 aliphatic carbocycles. The molecular weight excluding hydrogens is 290 g/mol. The Balaban J connectivity index is 1.55.